The lowest BCUT2D eigenvalue weighted by atomic mass is 9.89. The molecule has 2 aromatic carbocycles. The topological polar surface area (TPSA) is 99.3 Å². The first-order valence-corrected chi connectivity index (χ1v) is 12.5. The van der Waals surface area contributed by atoms with Crippen molar-refractivity contribution in [3.8, 4) is 0 Å². The number of ketones is 1. The number of carbonyl (C=O) groups excluding carboxylic acids is 2. The molecule has 2 aromatic heterocycles. The van der Waals surface area contributed by atoms with E-state index in [4.69, 9.17) is 0 Å². The zero-order valence-corrected chi connectivity index (χ0v) is 20.8. The van der Waals surface area contributed by atoms with Crippen molar-refractivity contribution in [2.75, 3.05) is 29.9 Å². The quantitative estimate of drug-likeness (QED) is 0.435. The molecule has 0 atom stereocenters. The molecular weight excluding hydrogens is 466 g/mol. The molecule has 0 spiro atoms. The number of fused-ring (bicyclic) bond motifs is 2. The predicted molar refractivity (Wildman–Crippen MR) is 143 cm³/mol. The largest absolute Gasteiger partial charge is 0.356 e. The Balaban J connectivity index is 1.20. The van der Waals surface area contributed by atoms with Crippen molar-refractivity contribution in [3.63, 3.8) is 0 Å². The molecular formula is C29H27N5O3. The van der Waals surface area contributed by atoms with E-state index in [0.717, 1.165) is 59.2 Å². The van der Waals surface area contributed by atoms with Crippen molar-refractivity contribution >= 4 is 34.1 Å². The number of carbonyl (C=O) groups is 2. The van der Waals surface area contributed by atoms with E-state index >= 15 is 0 Å². The summed E-state index contributed by atoms with van der Waals surface area (Å²) in [5.74, 6) is 0.718. The molecule has 4 aromatic rings. The highest BCUT2D eigenvalue weighted by Crippen LogP contribution is 2.33. The van der Waals surface area contributed by atoms with E-state index in [2.05, 4.69) is 19.9 Å². The van der Waals surface area contributed by atoms with Gasteiger partial charge in [-0.25, -0.2) is 9.97 Å². The van der Waals surface area contributed by atoms with Gasteiger partial charge in [-0.15, -0.1) is 0 Å². The van der Waals surface area contributed by atoms with E-state index in [1.54, 1.807) is 24.1 Å². The van der Waals surface area contributed by atoms with Crippen molar-refractivity contribution in [3.05, 3.63) is 93.2 Å². The van der Waals surface area contributed by atoms with Crippen LogP contribution in [0.2, 0.25) is 0 Å². The van der Waals surface area contributed by atoms with Crippen LogP contribution in [0.15, 0.2) is 59.7 Å². The fraction of sp³-hybridized carbons (Fsp3) is 0.276. The number of aromatic amines is 1. The van der Waals surface area contributed by atoms with Gasteiger partial charge >= 0.3 is 0 Å². The minimum Gasteiger partial charge on any atom is -0.356 e. The Bertz CT molecular complexity index is 1620. The van der Waals surface area contributed by atoms with Gasteiger partial charge in [0.05, 0.1) is 6.42 Å². The lowest BCUT2D eigenvalue weighted by Gasteiger charge is -2.32. The monoisotopic (exact) mass is 493 g/mol. The second-order valence-corrected chi connectivity index (χ2v) is 9.92. The van der Waals surface area contributed by atoms with Crippen molar-refractivity contribution in [2.45, 2.75) is 32.1 Å². The number of pyridine rings is 1. The van der Waals surface area contributed by atoms with E-state index < -0.39 is 0 Å². The predicted octanol–water partition coefficient (Wildman–Crippen LogP) is 3.76. The number of H-pyrrole nitrogens is 1. The van der Waals surface area contributed by atoms with E-state index in [9.17, 15) is 14.4 Å². The average Bonchev–Trinajstić information content (AvgIpc) is 3.21. The van der Waals surface area contributed by atoms with Gasteiger partial charge in [0.1, 0.15) is 17.8 Å². The minimum absolute atomic E-state index is 0.0235. The third kappa shape index (κ3) is 4.08. The Hall–Kier alpha value is -4.33. The molecule has 186 valence electrons. The summed E-state index contributed by atoms with van der Waals surface area (Å²) in [7, 11) is 1.76. The first kappa shape index (κ1) is 23.1. The molecule has 8 nitrogen and oxygen atoms in total. The summed E-state index contributed by atoms with van der Waals surface area (Å²) < 4.78 is 0. The second kappa shape index (κ2) is 8.96. The Labute approximate surface area is 214 Å². The summed E-state index contributed by atoms with van der Waals surface area (Å²) in [5.41, 5.74) is 5.16. The Morgan fingerprint density at radius 3 is 2.62 bits per heavy atom. The summed E-state index contributed by atoms with van der Waals surface area (Å²) in [6, 6.07) is 15.2. The molecule has 6 rings (SSSR count). The molecule has 2 aliphatic rings. The van der Waals surface area contributed by atoms with Crippen LogP contribution in [0.1, 0.15) is 51.5 Å². The van der Waals surface area contributed by atoms with Crippen LogP contribution in [0.3, 0.4) is 0 Å². The van der Waals surface area contributed by atoms with Crippen molar-refractivity contribution in [2.24, 2.45) is 0 Å². The summed E-state index contributed by atoms with van der Waals surface area (Å²) in [6.45, 7) is 3.38. The zero-order valence-electron chi connectivity index (χ0n) is 20.8. The van der Waals surface area contributed by atoms with Gasteiger partial charge in [0.2, 0.25) is 11.7 Å². The lowest BCUT2D eigenvalue weighted by Crippen LogP contribution is -2.35. The second-order valence-electron chi connectivity index (χ2n) is 9.92. The first-order chi connectivity index (χ1) is 17.9. The van der Waals surface area contributed by atoms with Crippen molar-refractivity contribution in [1.82, 2.24) is 15.0 Å². The van der Waals surface area contributed by atoms with Crippen LogP contribution >= 0.6 is 0 Å². The normalized spacial score (nSPS) is 15.9. The highest BCUT2D eigenvalue weighted by atomic mass is 16.2. The maximum atomic E-state index is 13.3. The molecule has 4 heterocycles. The molecule has 1 fully saturated rings. The van der Waals surface area contributed by atoms with Crippen LogP contribution in [0, 0.1) is 6.92 Å². The highest BCUT2D eigenvalue weighted by Gasteiger charge is 2.28. The average molecular weight is 494 g/mol. The molecule has 2 aliphatic heterocycles. The van der Waals surface area contributed by atoms with Crippen molar-refractivity contribution in [1.29, 1.82) is 0 Å². The van der Waals surface area contributed by atoms with Crippen LogP contribution in [-0.4, -0.2) is 46.8 Å². The van der Waals surface area contributed by atoms with Gasteiger partial charge in [-0.1, -0.05) is 18.2 Å². The first-order valence-electron chi connectivity index (χ1n) is 12.5. The van der Waals surface area contributed by atoms with Gasteiger partial charge in [0.15, 0.2) is 0 Å². The SMILES string of the molecule is Cc1cc(C(=O)c2cc(N3CCC(c4cc5ccccc5[nH]c4=O)CC3)ncn2)cc2c1N(C)C(=O)C2. The van der Waals surface area contributed by atoms with Gasteiger partial charge < -0.3 is 14.8 Å². The highest BCUT2D eigenvalue weighted by molar-refractivity contribution is 6.10. The molecule has 0 saturated carbocycles. The number of aromatic nitrogens is 3. The minimum atomic E-state index is -0.186. The molecule has 1 saturated heterocycles. The van der Waals surface area contributed by atoms with Crippen LogP contribution in [0.4, 0.5) is 11.5 Å². The Morgan fingerprint density at radius 2 is 1.81 bits per heavy atom. The molecule has 37 heavy (non-hydrogen) atoms. The summed E-state index contributed by atoms with van der Waals surface area (Å²) in [4.78, 5) is 53.7. The van der Waals surface area contributed by atoms with Crippen LogP contribution in [0.25, 0.3) is 10.9 Å². The van der Waals surface area contributed by atoms with Gasteiger partial charge in [-0.05, 0) is 66.5 Å². The maximum Gasteiger partial charge on any atom is 0.251 e. The molecule has 1 amide bonds. The van der Waals surface area contributed by atoms with E-state index in [1.807, 2.05) is 43.3 Å². The van der Waals surface area contributed by atoms with Crippen LogP contribution in [-0.2, 0) is 11.2 Å². The number of hydrogen-bond acceptors (Lipinski definition) is 6. The fourth-order valence-corrected chi connectivity index (χ4v) is 5.68. The van der Waals surface area contributed by atoms with Crippen LogP contribution < -0.4 is 15.4 Å². The lowest BCUT2D eigenvalue weighted by molar-refractivity contribution is -0.117. The Kier molecular flexibility index (Phi) is 5.59. The third-order valence-corrected chi connectivity index (χ3v) is 7.62. The van der Waals surface area contributed by atoms with E-state index in [-0.39, 0.29) is 23.2 Å². The molecule has 0 aliphatic carbocycles. The summed E-state index contributed by atoms with van der Waals surface area (Å²) in [5, 5.41) is 1.04. The van der Waals surface area contributed by atoms with E-state index in [0.29, 0.717) is 23.5 Å². The fourth-order valence-electron chi connectivity index (χ4n) is 5.68. The number of nitrogens with zero attached hydrogens (tertiary/aromatic N) is 4. The number of anilines is 2. The molecule has 8 heteroatoms. The number of aryl methyl sites for hydroxylation is 1. The maximum absolute atomic E-state index is 13.3. The zero-order chi connectivity index (χ0) is 25.7. The standard InChI is InChI=1S/C29H27N5O3/c1-17-11-21(12-20-14-26(35)33(2)27(17)20)28(36)24-15-25(31-16-30-24)34-9-7-18(8-10-34)22-13-19-5-3-4-6-23(19)32-29(22)37/h3-6,11-13,15-16,18H,7-10,14H2,1-2H3,(H,32,37). The van der Waals surface area contributed by atoms with Crippen molar-refractivity contribution < 1.29 is 9.59 Å². The van der Waals surface area contributed by atoms with Gasteiger partial charge in [-0.3, -0.25) is 14.4 Å². The summed E-state index contributed by atoms with van der Waals surface area (Å²) in [6.07, 6.45) is 3.37. The van der Waals surface area contributed by atoms with Gasteiger partial charge in [0.25, 0.3) is 5.56 Å². The number of para-hydroxylation sites is 1. The number of rotatable bonds is 4. The number of piperidine rings is 1. The molecule has 1 N–H and O–H groups in total. The third-order valence-electron chi connectivity index (χ3n) is 7.62. The van der Waals surface area contributed by atoms with E-state index in [1.165, 1.54) is 6.33 Å². The Morgan fingerprint density at radius 1 is 1.03 bits per heavy atom. The van der Waals surface area contributed by atoms with Gasteiger partial charge in [-0.2, -0.15) is 0 Å². The number of hydrogen-bond donors (Lipinski definition) is 1. The number of benzene rings is 2. The molecule has 0 radical (unpaired) electrons. The van der Waals surface area contributed by atoms with Crippen LogP contribution in [0.5, 0.6) is 0 Å². The number of likely N-dealkylation sites (N-methyl/N-ethyl adjacent to an activating group) is 1. The number of nitrogens with one attached hydrogen (secondary N) is 1. The summed E-state index contributed by atoms with van der Waals surface area (Å²) >= 11 is 0. The molecule has 0 unspecified atom stereocenters. The number of amides is 1. The molecule has 0 bridgehead atoms. The smallest absolute Gasteiger partial charge is 0.251 e. The van der Waals surface area contributed by atoms with Gasteiger partial charge in [0, 0.05) is 48.5 Å².